The molecule has 2 rings (SSSR count). The summed E-state index contributed by atoms with van der Waals surface area (Å²) in [6.07, 6.45) is 6.16. The Morgan fingerprint density at radius 2 is 2.15 bits per heavy atom. The molecule has 0 aliphatic carbocycles. The van der Waals surface area contributed by atoms with Gasteiger partial charge in [0.1, 0.15) is 11.9 Å². The summed E-state index contributed by atoms with van der Waals surface area (Å²) < 4.78 is 1.94. The molecule has 0 bridgehead atoms. The number of rotatable bonds is 6. The Hall–Kier alpha value is -1.75. The van der Waals surface area contributed by atoms with E-state index in [4.69, 9.17) is 0 Å². The molecule has 1 aromatic heterocycles. The van der Waals surface area contributed by atoms with Gasteiger partial charge in [-0.1, -0.05) is 30.3 Å². The minimum atomic E-state index is -0.203. The van der Waals surface area contributed by atoms with Crippen LogP contribution >= 0.6 is 11.8 Å². The molecule has 1 heterocycles. The van der Waals surface area contributed by atoms with Crippen LogP contribution in [0.2, 0.25) is 0 Å². The fourth-order valence-corrected chi connectivity index (χ4v) is 2.42. The number of hydrogen-bond donors (Lipinski definition) is 1. The number of aromatic nitrogens is 2. The number of aryl methyl sites for hydroxylation is 1. The number of nitrogens with one attached hydrogen (secondary N) is 1. The van der Waals surface area contributed by atoms with E-state index in [0.29, 0.717) is 6.42 Å². The molecule has 1 N–H and O–H groups in total. The van der Waals surface area contributed by atoms with E-state index < -0.39 is 0 Å². The van der Waals surface area contributed by atoms with Crippen LogP contribution in [0.25, 0.3) is 0 Å². The van der Waals surface area contributed by atoms with Crippen LogP contribution in [-0.2, 0) is 11.8 Å². The molecule has 0 spiro atoms. The predicted octanol–water partition coefficient (Wildman–Crippen LogP) is 2.38. The van der Waals surface area contributed by atoms with E-state index in [2.05, 4.69) is 10.3 Å². The lowest BCUT2D eigenvalue weighted by Crippen LogP contribution is -2.31. The fraction of sp³-hybridized carbons (Fsp3) is 0.333. The fourth-order valence-electron chi connectivity index (χ4n) is 2.03. The Morgan fingerprint density at radius 1 is 1.40 bits per heavy atom. The van der Waals surface area contributed by atoms with Crippen molar-refractivity contribution in [2.45, 2.75) is 12.5 Å². The van der Waals surface area contributed by atoms with Gasteiger partial charge < -0.3 is 9.88 Å². The van der Waals surface area contributed by atoms with Gasteiger partial charge in [0.15, 0.2) is 0 Å². The second-order valence-corrected chi connectivity index (χ2v) is 5.54. The molecule has 0 aliphatic rings. The topological polar surface area (TPSA) is 46.9 Å². The monoisotopic (exact) mass is 289 g/mol. The van der Waals surface area contributed by atoms with Crippen molar-refractivity contribution in [3.8, 4) is 0 Å². The maximum Gasteiger partial charge on any atom is 0.221 e. The molecule has 1 aromatic carbocycles. The maximum atomic E-state index is 12.0. The Balaban J connectivity index is 2.22. The van der Waals surface area contributed by atoms with Crippen molar-refractivity contribution < 1.29 is 4.79 Å². The average molecular weight is 289 g/mol. The zero-order chi connectivity index (χ0) is 14.4. The molecule has 0 saturated carbocycles. The van der Waals surface area contributed by atoms with E-state index in [1.54, 1.807) is 18.0 Å². The van der Waals surface area contributed by atoms with E-state index in [1.807, 2.05) is 54.4 Å². The van der Waals surface area contributed by atoms with Gasteiger partial charge in [-0.05, 0) is 11.8 Å². The summed E-state index contributed by atoms with van der Waals surface area (Å²) in [5.74, 6) is 1.72. The third kappa shape index (κ3) is 3.63. The van der Waals surface area contributed by atoms with Crippen molar-refractivity contribution in [1.29, 1.82) is 0 Å². The Morgan fingerprint density at radius 3 is 2.75 bits per heavy atom. The Kier molecular flexibility index (Phi) is 5.24. The zero-order valence-corrected chi connectivity index (χ0v) is 12.6. The summed E-state index contributed by atoms with van der Waals surface area (Å²) >= 11 is 1.67. The highest BCUT2D eigenvalue weighted by atomic mass is 32.2. The standard InChI is InChI=1S/C15H19N3OS/c1-18-10-9-16-15(18)14(12-6-4-3-5-7-12)17-13(19)8-11-20-2/h3-7,9-10,14H,8,11H2,1-2H3,(H,17,19). The number of nitrogens with zero attached hydrogens (tertiary/aromatic N) is 2. The van der Waals surface area contributed by atoms with Crippen molar-refractivity contribution in [3.63, 3.8) is 0 Å². The highest BCUT2D eigenvalue weighted by molar-refractivity contribution is 7.98. The first-order chi connectivity index (χ1) is 9.72. The minimum Gasteiger partial charge on any atom is -0.342 e. The molecule has 1 atom stereocenters. The van der Waals surface area contributed by atoms with E-state index >= 15 is 0 Å². The third-order valence-corrected chi connectivity index (χ3v) is 3.70. The number of carbonyl (C=O) groups excluding carboxylic acids is 1. The summed E-state index contributed by atoms with van der Waals surface area (Å²) in [5.41, 5.74) is 1.04. The predicted molar refractivity (Wildman–Crippen MR) is 82.6 cm³/mol. The van der Waals surface area contributed by atoms with Crippen LogP contribution in [0, 0.1) is 0 Å². The molecule has 4 nitrogen and oxygen atoms in total. The highest BCUT2D eigenvalue weighted by Crippen LogP contribution is 2.20. The van der Waals surface area contributed by atoms with Crippen molar-refractivity contribution in [1.82, 2.24) is 14.9 Å². The summed E-state index contributed by atoms with van der Waals surface area (Å²) in [6, 6.07) is 9.72. The lowest BCUT2D eigenvalue weighted by Gasteiger charge is -2.19. The number of thioether (sulfide) groups is 1. The second-order valence-electron chi connectivity index (χ2n) is 4.55. The normalized spacial score (nSPS) is 12.1. The highest BCUT2D eigenvalue weighted by Gasteiger charge is 2.20. The molecule has 106 valence electrons. The molecule has 20 heavy (non-hydrogen) atoms. The third-order valence-electron chi connectivity index (χ3n) is 3.09. The van der Waals surface area contributed by atoms with Crippen molar-refractivity contribution >= 4 is 17.7 Å². The van der Waals surface area contributed by atoms with Gasteiger partial charge in [0.05, 0.1) is 0 Å². The van der Waals surface area contributed by atoms with E-state index in [0.717, 1.165) is 17.1 Å². The molecule has 2 aromatic rings. The summed E-state index contributed by atoms with van der Waals surface area (Å²) in [7, 11) is 1.94. The van der Waals surface area contributed by atoms with Crippen molar-refractivity contribution in [3.05, 3.63) is 54.1 Å². The summed E-state index contributed by atoms with van der Waals surface area (Å²) in [6.45, 7) is 0. The van der Waals surface area contributed by atoms with Crippen molar-refractivity contribution in [2.75, 3.05) is 12.0 Å². The molecule has 0 saturated heterocycles. The van der Waals surface area contributed by atoms with Gasteiger partial charge in [-0.15, -0.1) is 0 Å². The molecule has 1 unspecified atom stereocenters. The number of amides is 1. The zero-order valence-electron chi connectivity index (χ0n) is 11.7. The average Bonchev–Trinajstić information content (AvgIpc) is 2.89. The molecular formula is C15H19N3OS. The molecule has 1 amide bonds. The van der Waals surface area contributed by atoms with E-state index in [9.17, 15) is 4.79 Å². The molecule has 5 heteroatoms. The van der Waals surface area contributed by atoms with Crippen LogP contribution < -0.4 is 5.32 Å². The van der Waals surface area contributed by atoms with Crippen LogP contribution in [0.5, 0.6) is 0 Å². The largest absolute Gasteiger partial charge is 0.342 e. The van der Waals surface area contributed by atoms with Gasteiger partial charge in [-0.2, -0.15) is 11.8 Å². The number of imidazole rings is 1. The lowest BCUT2D eigenvalue weighted by molar-refractivity contribution is -0.121. The quantitative estimate of drug-likeness (QED) is 0.888. The van der Waals surface area contributed by atoms with Crippen LogP contribution in [-0.4, -0.2) is 27.5 Å². The van der Waals surface area contributed by atoms with Crippen LogP contribution in [0.1, 0.15) is 23.9 Å². The van der Waals surface area contributed by atoms with Crippen LogP contribution in [0.4, 0.5) is 0 Å². The number of benzene rings is 1. The minimum absolute atomic E-state index is 0.0520. The first-order valence-corrected chi connectivity index (χ1v) is 7.92. The van der Waals surface area contributed by atoms with Gasteiger partial charge in [0.25, 0.3) is 0 Å². The lowest BCUT2D eigenvalue weighted by atomic mass is 10.1. The SMILES string of the molecule is CSCCC(=O)NC(c1ccccc1)c1nccn1C. The summed E-state index contributed by atoms with van der Waals surface area (Å²) in [4.78, 5) is 16.4. The smallest absolute Gasteiger partial charge is 0.221 e. The van der Waals surface area contributed by atoms with E-state index in [1.165, 1.54) is 0 Å². The molecule has 0 radical (unpaired) electrons. The number of hydrogen-bond acceptors (Lipinski definition) is 3. The van der Waals surface area contributed by atoms with Gasteiger partial charge >= 0.3 is 0 Å². The van der Waals surface area contributed by atoms with Gasteiger partial charge in [-0.25, -0.2) is 4.98 Å². The van der Waals surface area contributed by atoms with Crippen molar-refractivity contribution in [2.24, 2.45) is 7.05 Å². The van der Waals surface area contributed by atoms with Crippen LogP contribution in [0.15, 0.2) is 42.7 Å². The molecular weight excluding hydrogens is 270 g/mol. The van der Waals surface area contributed by atoms with Gasteiger partial charge in [-0.3, -0.25) is 4.79 Å². The first kappa shape index (κ1) is 14.7. The van der Waals surface area contributed by atoms with Gasteiger partial charge in [0, 0.05) is 31.6 Å². The van der Waals surface area contributed by atoms with Crippen LogP contribution in [0.3, 0.4) is 0 Å². The second kappa shape index (κ2) is 7.14. The Labute approximate surface area is 123 Å². The Bertz CT molecular complexity index is 553. The number of carbonyl (C=O) groups is 1. The first-order valence-electron chi connectivity index (χ1n) is 6.53. The molecule has 0 fully saturated rings. The maximum absolute atomic E-state index is 12.0. The summed E-state index contributed by atoms with van der Waals surface area (Å²) in [5, 5.41) is 3.08. The van der Waals surface area contributed by atoms with Gasteiger partial charge in [0.2, 0.25) is 5.91 Å². The van der Waals surface area contributed by atoms with E-state index in [-0.39, 0.29) is 11.9 Å². The molecule has 0 aliphatic heterocycles.